The Hall–Kier alpha value is -1.32. The van der Waals surface area contributed by atoms with Crippen LogP contribution in [0.2, 0.25) is 5.02 Å². The topological polar surface area (TPSA) is 21.1 Å². The average molecular weight is 264 g/mol. The van der Waals surface area contributed by atoms with Crippen LogP contribution in [-0.4, -0.2) is 28.3 Å². The van der Waals surface area contributed by atoms with E-state index >= 15 is 0 Å². The van der Waals surface area contributed by atoms with Crippen LogP contribution in [0.15, 0.2) is 36.7 Å². The number of halogens is 1. The van der Waals surface area contributed by atoms with E-state index in [2.05, 4.69) is 29.3 Å². The van der Waals surface area contributed by atoms with Gasteiger partial charge in [-0.15, -0.1) is 0 Å². The van der Waals surface area contributed by atoms with Crippen LogP contribution in [0.4, 0.5) is 0 Å². The molecule has 0 aliphatic heterocycles. The summed E-state index contributed by atoms with van der Waals surface area (Å²) in [6.45, 7) is 1.93. The lowest BCUT2D eigenvalue weighted by Crippen LogP contribution is -2.20. The molecule has 3 nitrogen and oxygen atoms in total. The first-order valence-electron chi connectivity index (χ1n) is 6.04. The largest absolute Gasteiger partial charge is 0.302 e. The third-order valence-electron chi connectivity index (χ3n) is 2.88. The first kappa shape index (κ1) is 13.1. The molecule has 0 amide bonds. The van der Waals surface area contributed by atoms with Crippen LogP contribution in [0.3, 0.4) is 0 Å². The maximum atomic E-state index is 5.97. The fraction of sp³-hybridized carbons (Fsp3) is 0.357. The minimum Gasteiger partial charge on any atom is -0.302 e. The third-order valence-corrected chi connectivity index (χ3v) is 3.12. The van der Waals surface area contributed by atoms with Gasteiger partial charge in [0.25, 0.3) is 0 Å². The summed E-state index contributed by atoms with van der Waals surface area (Å²) in [6.07, 6.45) is 5.01. The van der Waals surface area contributed by atoms with Crippen LogP contribution < -0.4 is 0 Å². The highest BCUT2D eigenvalue weighted by Gasteiger charge is 2.03. The molecule has 1 aromatic carbocycles. The molecule has 0 atom stereocenters. The van der Waals surface area contributed by atoms with Gasteiger partial charge < -0.3 is 4.90 Å². The SMILES string of the molecule is CN(CCc1cnn(C)c1)Cc1cccc(Cl)c1. The van der Waals surface area contributed by atoms with E-state index in [0.29, 0.717) is 0 Å². The molecule has 1 heterocycles. The molecule has 4 heteroatoms. The lowest BCUT2D eigenvalue weighted by Gasteiger charge is -2.16. The number of aromatic nitrogens is 2. The molecule has 96 valence electrons. The molecule has 2 rings (SSSR count). The molecule has 0 saturated heterocycles. The number of benzene rings is 1. The predicted octanol–water partition coefficient (Wildman–Crippen LogP) is 2.75. The molecule has 0 radical (unpaired) electrons. The number of aryl methyl sites for hydroxylation is 1. The van der Waals surface area contributed by atoms with Gasteiger partial charge in [0.15, 0.2) is 0 Å². The zero-order valence-electron chi connectivity index (χ0n) is 10.8. The second-order valence-electron chi connectivity index (χ2n) is 4.64. The van der Waals surface area contributed by atoms with Crippen molar-refractivity contribution in [3.63, 3.8) is 0 Å². The van der Waals surface area contributed by atoms with Gasteiger partial charge in [-0.3, -0.25) is 4.68 Å². The summed E-state index contributed by atoms with van der Waals surface area (Å²) in [5, 5.41) is 4.97. The maximum absolute atomic E-state index is 5.97. The Morgan fingerprint density at radius 2 is 2.17 bits per heavy atom. The first-order chi connectivity index (χ1) is 8.63. The summed E-state index contributed by atoms with van der Waals surface area (Å²) < 4.78 is 1.84. The zero-order valence-corrected chi connectivity index (χ0v) is 11.6. The van der Waals surface area contributed by atoms with Crippen molar-refractivity contribution >= 4 is 11.6 Å². The van der Waals surface area contributed by atoms with Crippen molar-refractivity contribution in [2.45, 2.75) is 13.0 Å². The standard InChI is InChI=1S/C14H18ClN3/c1-17(7-6-13-9-16-18(2)11-13)10-12-4-3-5-14(15)8-12/h3-5,8-9,11H,6-7,10H2,1-2H3. The number of likely N-dealkylation sites (N-methyl/N-ethyl adjacent to an activating group) is 1. The van der Waals surface area contributed by atoms with Gasteiger partial charge in [0.1, 0.15) is 0 Å². The first-order valence-corrected chi connectivity index (χ1v) is 6.42. The van der Waals surface area contributed by atoms with Crippen molar-refractivity contribution in [1.82, 2.24) is 14.7 Å². The van der Waals surface area contributed by atoms with Gasteiger partial charge in [0.05, 0.1) is 6.20 Å². The zero-order chi connectivity index (χ0) is 13.0. The molecule has 2 aromatic rings. The lowest BCUT2D eigenvalue weighted by atomic mass is 10.2. The summed E-state index contributed by atoms with van der Waals surface area (Å²) >= 11 is 5.97. The third kappa shape index (κ3) is 3.86. The summed E-state index contributed by atoms with van der Waals surface area (Å²) in [6, 6.07) is 8.02. The Morgan fingerprint density at radius 1 is 1.33 bits per heavy atom. The molecular formula is C14H18ClN3. The number of rotatable bonds is 5. The molecule has 18 heavy (non-hydrogen) atoms. The van der Waals surface area contributed by atoms with Gasteiger partial charge in [-0.1, -0.05) is 23.7 Å². The summed E-state index contributed by atoms with van der Waals surface area (Å²) in [4.78, 5) is 2.29. The molecule has 0 aliphatic rings. The highest BCUT2D eigenvalue weighted by Crippen LogP contribution is 2.12. The molecule has 0 fully saturated rings. The summed E-state index contributed by atoms with van der Waals surface area (Å²) in [5.41, 5.74) is 2.52. The van der Waals surface area contributed by atoms with Crippen molar-refractivity contribution < 1.29 is 0 Å². The Balaban J connectivity index is 1.83. The second-order valence-corrected chi connectivity index (χ2v) is 5.08. The summed E-state index contributed by atoms with van der Waals surface area (Å²) in [5.74, 6) is 0. The van der Waals surface area contributed by atoms with Crippen LogP contribution in [0.5, 0.6) is 0 Å². The maximum Gasteiger partial charge on any atom is 0.0522 e. The molecule has 0 saturated carbocycles. The van der Waals surface area contributed by atoms with E-state index in [1.807, 2.05) is 36.1 Å². The van der Waals surface area contributed by atoms with Crippen LogP contribution in [0.25, 0.3) is 0 Å². The van der Waals surface area contributed by atoms with Crippen molar-refractivity contribution in [2.75, 3.05) is 13.6 Å². The van der Waals surface area contributed by atoms with Crippen LogP contribution in [-0.2, 0) is 20.0 Å². The van der Waals surface area contributed by atoms with Crippen molar-refractivity contribution in [3.8, 4) is 0 Å². The molecule has 0 bridgehead atoms. The van der Waals surface area contributed by atoms with Crippen molar-refractivity contribution in [1.29, 1.82) is 0 Å². The van der Waals surface area contributed by atoms with Crippen LogP contribution >= 0.6 is 11.6 Å². The predicted molar refractivity (Wildman–Crippen MR) is 74.7 cm³/mol. The molecule has 0 unspecified atom stereocenters. The minimum absolute atomic E-state index is 0.799. The van der Waals surface area contributed by atoms with E-state index < -0.39 is 0 Å². The van der Waals surface area contributed by atoms with Gasteiger partial charge in [-0.25, -0.2) is 0 Å². The number of hydrogen-bond acceptors (Lipinski definition) is 2. The second kappa shape index (κ2) is 6.03. The molecule has 1 aromatic heterocycles. The Bertz CT molecular complexity index is 507. The van der Waals surface area contributed by atoms with Crippen molar-refractivity contribution in [3.05, 3.63) is 52.8 Å². The highest BCUT2D eigenvalue weighted by molar-refractivity contribution is 6.30. The number of hydrogen-bond donors (Lipinski definition) is 0. The molecule has 0 spiro atoms. The fourth-order valence-corrected chi connectivity index (χ4v) is 2.16. The van der Waals surface area contributed by atoms with Gasteiger partial charge in [0.2, 0.25) is 0 Å². The van der Waals surface area contributed by atoms with E-state index in [0.717, 1.165) is 24.5 Å². The lowest BCUT2D eigenvalue weighted by molar-refractivity contribution is 0.331. The van der Waals surface area contributed by atoms with E-state index in [1.165, 1.54) is 11.1 Å². The van der Waals surface area contributed by atoms with E-state index in [9.17, 15) is 0 Å². The van der Waals surface area contributed by atoms with Crippen molar-refractivity contribution in [2.24, 2.45) is 7.05 Å². The number of nitrogens with zero attached hydrogens (tertiary/aromatic N) is 3. The van der Waals surface area contributed by atoms with E-state index in [-0.39, 0.29) is 0 Å². The molecule has 0 N–H and O–H groups in total. The Morgan fingerprint density at radius 3 is 2.83 bits per heavy atom. The van der Waals surface area contributed by atoms with E-state index in [1.54, 1.807) is 0 Å². The van der Waals surface area contributed by atoms with Gasteiger partial charge in [0, 0.05) is 31.4 Å². The van der Waals surface area contributed by atoms with Gasteiger partial charge >= 0.3 is 0 Å². The Kier molecular flexibility index (Phi) is 4.39. The molecular weight excluding hydrogens is 246 g/mol. The van der Waals surface area contributed by atoms with Crippen LogP contribution in [0.1, 0.15) is 11.1 Å². The molecule has 0 aliphatic carbocycles. The van der Waals surface area contributed by atoms with E-state index in [4.69, 9.17) is 11.6 Å². The van der Waals surface area contributed by atoms with Gasteiger partial charge in [-0.05, 0) is 36.7 Å². The monoisotopic (exact) mass is 263 g/mol. The van der Waals surface area contributed by atoms with Gasteiger partial charge in [-0.2, -0.15) is 5.10 Å². The summed E-state index contributed by atoms with van der Waals surface area (Å²) in [7, 11) is 4.07. The average Bonchev–Trinajstić information content (AvgIpc) is 2.73. The fourth-order valence-electron chi connectivity index (χ4n) is 1.95. The highest BCUT2D eigenvalue weighted by atomic mass is 35.5. The Labute approximate surface area is 113 Å². The quantitative estimate of drug-likeness (QED) is 0.827. The van der Waals surface area contributed by atoms with Crippen LogP contribution in [0, 0.1) is 0 Å². The minimum atomic E-state index is 0.799. The normalized spacial score (nSPS) is 11.1. The smallest absolute Gasteiger partial charge is 0.0522 e.